The normalized spacial score (nSPS) is 11.9. The maximum Gasteiger partial charge on any atom is 0.306 e. The predicted octanol–water partition coefficient (Wildman–Crippen LogP) is 11.9. The summed E-state index contributed by atoms with van der Waals surface area (Å²) in [7, 11) is 0. The smallest absolute Gasteiger partial charge is 0.306 e. The molecule has 48 heavy (non-hydrogen) atoms. The van der Waals surface area contributed by atoms with Crippen LogP contribution in [0.15, 0.2) is 24.3 Å². The van der Waals surface area contributed by atoms with Crippen LogP contribution >= 0.6 is 0 Å². The molecule has 0 saturated heterocycles. The van der Waals surface area contributed by atoms with Crippen LogP contribution < -0.4 is 0 Å². The van der Waals surface area contributed by atoms with Crippen LogP contribution in [0.3, 0.4) is 0 Å². The van der Waals surface area contributed by atoms with Gasteiger partial charge >= 0.3 is 11.9 Å². The first kappa shape index (κ1) is 48.5. The van der Waals surface area contributed by atoms with Gasteiger partial charge < -0.3 is 19.7 Å². The van der Waals surface area contributed by atoms with Crippen LogP contribution in [0, 0.1) is 0 Å². The van der Waals surface area contributed by atoms with Gasteiger partial charge in [-0.3, -0.25) is 9.59 Å². The fraction of sp³-hybridized carbons (Fsp3) is 0.857. The van der Waals surface area contributed by atoms with Crippen molar-refractivity contribution in [2.45, 2.75) is 213 Å². The van der Waals surface area contributed by atoms with Gasteiger partial charge in [0.2, 0.25) is 0 Å². The quantitative estimate of drug-likeness (QED) is 0.0393. The first-order chi connectivity index (χ1) is 23.5. The third-order valence-corrected chi connectivity index (χ3v) is 8.57. The number of esters is 2. The molecule has 0 aliphatic heterocycles. The monoisotopic (exact) mass is 681 g/mol. The number of hydrogen-bond acceptors (Lipinski definition) is 6. The molecule has 0 amide bonds. The SMILES string of the molecule is CCCCCCCC/C=C\CCCCCCCC(=O)OCC(CC)OC(=O)CCCCCCC/C=C\CCCCCCCC.OCCO. The zero-order valence-corrected chi connectivity index (χ0v) is 32.0. The summed E-state index contributed by atoms with van der Waals surface area (Å²) >= 11 is 0. The molecule has 6 nitrogen and oxygen atoms in total. The predicted molar refractivity (Wildman–Crippen MR) is 204 cm³/mol. The molecule has 0 saturated carbocycles. The van der Waals surface area contributed by atoms with Crippen LogP contribution in [-0.4, -0.2) is 48.1 Å². The summed E-state index contributed by atoms with van der Waals surface area (Å²) in [5.74, 6) is -0.336. The molecule has 0 spiro atoms. The van der Waals surface area contributed by atoms with Crippen LogP contribution in [0.25, 0.3) is 0 Å². The van der Waals surface area contributed by atoms with Crippen LogP contribution in [0.1, 0.15) is 207 Å². The average Bonchev–Trinajstić information content (AvgIpc) is 3.10. The largest absolute Gasteiger partial charge is 0.462 e. The Morgan fingerprint density at radius 2 is 0.812 bits per heavy atom. The molecule has 0 bridgehead atoms. The van der Waals surface area contributed by atoms with Gasteiger partial charge in [0, 0.05) is 12.8 Å². The molecule has 1 atom stereocenters. The van der Waals surface area contributed by atoms with Gasteiger partial charge in [0.05, 0.1) is 13.2 Å². The number of hydrogen-bond donors (Lipinski definition) is 2. The van der Waals surface area contributed by atoms with Gasteiger partial charge in [-0.15, -0.1) is 0 Å². The van der Waals surface area contributed by atoms with Crippen molar-refractivity contribution < 1.29 is 29.3 Å². The van der Waals surface area contributed by atoms with Crippen LogP contribution in [0.2, 0.25) is 0 Å². The lowest BCUT2D eigenvalue weighted by Gasteiger charge is -2.16. The third kappa shape index (κ3) is 42.4. The zero-order chi connectivity index (χ0) is 35.6. The van der Waals surface area contributed by atoms with E-state index in [9.17, 15) is 9.59 Å². The summed E-state index contributed by atoms with van der Waals surface area (Å²) in [6.45, 7) is 6.43. The first-order valence-corrected chi connectivity index (χ1v) is 20.4. The second-order valence-corrected chi connectivity index (χ2v) is 13.3. The third-order valence-electron chi connectivity index (χ3n) is 8.57. The highest BCUT2D eigenvalue weighted by Crippen LogP contribution is 2.13. The van der Waals surface area contributed by atoms with E-state index >= 15 is 0 Å². The molecular formula is C42H80O6. The lowest BCUT2D eigenvalue weighted by Crippen LogP contribution is -2.24. The van der Waals surface area contributed by atoms with Crippen molar-refractivity contribution in [1.82, 2.24) is 0 Å². The number of allylic oxidation sites excluding steroid dienone is 4. The Morgan fingerprint density at radius 3 is 1.17 bits per heavy atom. The molecule has 2 N–H and O–H groups in total. The Hall–Kier alpha value is -1.66. The number of rotatable bonds is 35. The second kappa shape index (κ2) is 43.4. The van der Waals surface area contributed by atoms with E-state index in [1.54, 1.807) is 0 Å². The van der Waals surface area contributed by atoms with Crippen molar-refractivity contribution in [3.8, 4) is 0 Å². The summed E-state index contributed by atoms with van der Waals surface area (Å²) in [4.78, 5) is 24.4. The average molecular weight is 681 g/mol. The maximum absolute atomic E-state index is 12.2. The van der Waals surface area contributed by atoms with Crippen molar-refractivity contribution in [2.75, 3.05) is 19.8 Å². The van der Waals surface area contributed by atoms with Crippen molar-refractivity contribution >= 4 is 11.9 Å². The number of ether oxygens (including phenoxy) is 2. The number of unbranched alkanes of at least 4 members (excludes halogenated alkanes) is 22. The number of carbonyl (C=O) groups excluding carboxylic acids is 2. The van der Waals surface area contributed by atoms with E-state index in [0.717, 1.165) is 25.7 Å². The Labute approximate surface area is 297 Å². The highest BCUT2D eigenvalue weighted by atomic mass is 16.6. The highest BCUT2D eigenvalue weighted by Gasteiger charge is 2.15. The van der Waals surface area contributed by atoms with Crippen LogP contribution in [-0.2, 0) is 19.1 Å². The molecule has 0 aromatic carbocycles. The molecule has 0 heterocycles. The van der Waals surface area contributed by atoms with Crippen molar-refractivity contribution in [3.63, 3.8) is 0 Å². The lowest BCUT2D eigenvalue weighted by molar-refractivity contribution is -0.159. The fourth-order valence-electron chi connectivity index (χ4n) is 5.42. The van der Waals surface area contributed by atoms with Gasteiger partial charge in [-0.25, -0.2) is 0 Å². The molecule has 0 fully saturated rings. The van der Waals surface area contributed by atoms with Gasteiger partial charge in [0.15, 0.2) is 0 Å². The molecule has 6 heteroatoms. The topological polar surface area (TPSA) is 93.1 Å². The first-order valence-electron chi connectivity index (χ1n) is 20.4. The zero-order valence-electron chi connectivity index (χ0n) is 32.0. The van der Waals surface area contributed by atoms with Gasteiger partial charge in [-0.1, -0.05) is 148 Å². The van der Waals surface area contributed by atoms with Crippen molar-refractivity contribution in [1.29, 1.82) is 0 Å². The van der Waals surface area contributed by atoms with Gasteiger partial charge in [-0.2, -0.15) is 0 Å². The summed E-state index contributed by atoms with van der Waals surface area (Å²) in [5.41, 5.74) is 0. The van der Waals surface area contributed by atoms with E-state index in [1.165, 1.54) is 141 Å². The Balaban J connectivity index is 0. The molecule has 284 valence electrons. The molecular weight excluding hydrogens is 600 g/mol. The molecule has 1 unspecified atom stereocenters. The number of aliphatic hydroxyl groups excluding tert-OH is 2. The molecule has 0 aliphatic carbocycles. The van der Waals surface area contributed by atoms with E-state index in [1.807, 2.05) is 6.92 Å². The second-order valence-electron chi connectivity index (χ2n) is 13.3. The van der Waals surface area contributed by atoms with E-state index in [0.29, 0.717) is 19.3 Å². The Kier molecular flexibility index (Phi) is 43.8. The van der Waals surface area contributed by atoms with E-state index in [-0.39, 0.29) is 37.9 Å². The Bertz CT molecular complexity index is 702. The van der Waals surface area contributed by atoms with Gasteiger partial charge in [-0.05, 0) is 70.6 Å². The van der Waals surface area contributed by atoms with Crippen LogP contribution in [0.5, 0.6) is 0 Å². The summed E-state index contributed by atoms with van der Waals surface area (Å²) in [6.07, 6.45) is 43.0. The van der Waals surface area contributed by atoms with Gasteiger partial charge in [0.1, 0.15) is 12.7 Å². The number of aliphatic hydroxyl groups is 2. The van der Waals surface area contributed by atoms with Crippen LogP contribution in [0.4, 0.5) is 0 Å². The summed E-state index contributed by atoms with van der Waals surface area (Å²) < 4.78 is 11.0. The van der Waals surface area contributed by atoms with Crippen molar-refractivity contribution in [3.05, 3.63) is 24.3 Å². The molecule has 0 rings (SSSR count). The fourth-order valence-corrected chi connectivity index (χ4v) is 5.42. The maximum atomic E-state index is 12.2. The lowest BCUT2D eigenvalue weighted by atomic mass is 10.1. The minimum Gasteiger partial charge on any atom is -0.462 e. The van der Waals surface area contributed by atoms with E-state index in [2.05, 4.69) is 38.2 Å². The standard InChI is InChI=1S/C40H74O4.C2H6O2/c1-4-7-9-11-13-15-17-19-21-23-25-27-29-31-33-35-39(41)43-37-38(6-3)44-40(42)36-34-32-30-28-26-24-22-20-18-16-14-12-10-8-5-2;3-1-2-4/h19-22,38H,4-18,23-37H2,1-3H3;3-4H,1-2H2/b21-19-,22-20-;. The molecule has 0 aromatic heterocycles. The summed E-state index contributed by atoms with van der Waals surface area (Å²) in [5, 5.41) is 15.2. The number of carbonyl (C=O) groups is 2. The summed E-state index contributed by atoms with van der Waals surface area (Å²) in [6, 6.07) is 0. The molecule has 0 radical (unpaired) electrons. The van der Waals surface area contributed by atoms with Crippen molar-refractivity contribution in [2.24, 2.45) is 0 Å². The van der Waals surface area contributed by atoms with E-state index in [4.69, 9.17) is 19.7 Å². The van der Waals surface area contributed by atoms with E-state index < -0.39 is 0 Å². The van der Waals surface area contributed by atoms with Gasteiger partial charge in [0.25, 0.3) is 0 Å². The minimum absolute atomic E-state index is 0.125. The highest BCUT2D eigenvalue weighted by molar-refractivity contribution is 5.70. The Morgan fingerprint density at radius 1 is 0.479 bits per heavy atom. The molecule has 0 aromatic rings. The molecule has 0 aliphatic rings. The minimum atomic E-state index is -0.330.